The Morgan fingerprint density at radius 3 is 3.09 bits per heavy atom. The molecule has 0 saturated carbocycles. The van der Waals surface area contributed by atoms with Crippen molar-refractivity contribution in [3.8, 4) is 0 Å². The minimum absolute atomic E-state index is 0.0411. The average molecular weight is 311 g/mol. The standard InChI is InChI=1S/C16H17N5O2/c1-11-15(23-10-17-11)16(22)20-8-3-2-4-13(20)12-6-9-21-14(19-12)5-7-18-21/h5-7,9-10,13H,2-4,8H2,1H3/t13-/m0/s1. The molecule has 1 aliphatic rings. The highest BCUT2D eigenvalue weighted by Gasteiger charge is 2.32. The minimum atomic E-state index is -0.111. The largest absolute Gasteiger partial charge is 0.438 e. The molecular formula is C16H17N5O2. The van der Waals surface area contributed by atoms with Crippen molar-refractivity contribution < 1.29 is 9.21 Å². The molecule has 0 radical (unpaired) electrons. The maximum absolute atomic E-state index is 12.8. The molecule has 7 nitrogen and oxygen atoms in total. The van der Waals surface area contributed by atoms with E-state index in [9.17, 15) is 4.79 Å². The molecule has 3 aromatic heterocycles. The smallest absolute Gasteiger partial charge is 0.292 e. The van der Waals surface area contributed by atoms with Gasteiger partial charge in [0.2, 0.25) is 5.76 Å². The second-order valence-electron chi connectivity index (χ2n) is 5.76. The lowest BCUT2D eigenvalue weighted by atomic mass is 9.98. The van der Waals surface area contributed by atoms with E-state index in [4.69, 9.17) is 4.42 Å². The van der Waals surface area contributed by atoms with Crippen LogP contribution in [0.15, 0.2) is 35.3 Å². The van der Waals surface area contributed by atoms with Crippen molar-refractivity contribution in [1.29, 1.82) is 0 Å². The molecule has 1 saturated heterocycles. The monoisotopic (exact) mass is 311 g/mol. The van der Waals surface area contributed by atoms with Crippen LogP contribution in [0, 0.1) is 6.92 Å². The van der Waals surface area contributed by atoms with Crippen LogP contribution in [0.1, 0.15) is 47.2 Å². The number of aromatic nitrogens is 4. The van der Waals surface area contributed by atoms with Gasteiger partial charge in [-0.15, -0.1) is 0 Å². The third kappa shape index (κ3) is 2.38. The molecule has 0 aromatic carbocycles. The molecule has 3 aromatic rings. The summed E-state index contributed by atoms with van der Waals surface area (Å²) in [6.45, 7) is 2.49. The molecule has 23 heavy (non-hydrogen) atoms. The minimum Gasteiger partial charge on any atom is -0.438 e. The number of amides is 1. The Bertz CT molecular complexity index is 853. The molecule has 1 fully saturated rings. The van der Waals surface area contributed by atoms with E-state index in [0.29, 0.717) is 18.0 Å². The first kappa shape index (κ1) is 13.9. The molecule has 0 bridgehead atoms. The van der Waals surface area contributed by atoms with E-state index in [2.05, 4.69) is 15.1 Å². The van der Waals surface area contributed by atoms with Gasteiger partial charge in [-0.2, -0.15) is 5.10 Å². The summed E-state index contributed by atoms with van der Waals surface area (Å²) < 4.78 is 7.01. The van der Waals surface area contributed by atoms with E-state index in [0.717, 1.165) is 30.6 Å². The van der Waals surface area contributed by atoms with Gasteiger partial charge in [-0.05, 0) is 32.3 Å². The van der Waals surface area contributed by atoms with Gasteiger partial charge < -0.3 is 9.32 Å². The zero-order valence-electron chi connectivity index (χ0n) is 12.8. The average Bonchev–Trinajstić information content (AvgIpc) is 3.22. The molecule has 118 valence electrons. The van der Waals surface area contributed by atoms with Crippen molar-refractivity contribution in [2.24, 2.45) is 0 Å². The lowest BCUT2D eigenvalue weighted by Crippen LogP contribution is -2.39. The highest BCUT2D eigenvalue weighted by molar-refractivity contribution is 5.92. The predicted octanol–water partition coefficient (Wildman–Crippen LogP) is 2.39. The fraction of sp³-hybridized carbons (Fsp3) is 0.375. The van der Waals surface area contributed by atoms with Gasteiger partial charge in [0, 0.05) is 18.8 Å². The van der Waals surface area contributed by atoms with Gasteiger partial charge >= 0.3 is 0 Å². The lowest BCUT2D eigenvalue weighted by molar-refractivity contribution is 0.0572. The van der Waals surface area contributed by atoms with Crippen molar-refractivity contribution >= 4 is 11.6 Å². The Labute approximate surface area is 132 Å². The van der Waals surface area contributed by atoms with E-state index in [1.165, 1.54) is 6.39 Å². The normalized spacial score (nSPS) is 18.5. The first-order valence-electron chi connectivity index (χ1n) is 7.75. The van der Waals surface area contributed by atoms with Gasteiger partial charge in [-0.25, -0.2) is 14.5 Å². The van der Waals surface area contributed by atoms with E-state index < -0.39 is 0 Å². The highest BCUT2D eigenvalue weighted by atomic mass is 16.3. The van der Waals surface area contributed by atoms with Crippen LogP contribution in [0.5, 0.6) is 0 Å². The summed E-state index contributed by atoms with van der Waals surface area (Å²) >= 11 is 0. The number of piperidine rings is 1. The third-order valence-corrected chi connectivity index (χ3v) is 4.32. The highest BCUT2D eigenvalue weighted by Crippen LogP contribution is 2.31. The Morgan fingerprint density at radius 1 is 1.35 bits per heavy atom. The van der Waals surface area contributed by atoms with Crippen molar-refractivity contribution in [2.75, 3.05) is 6.54 Å². The SMILES string of the molecule is Cc1ncoc1C(=O)N1CCCC[C@H]1c1ccn2nccc2n1. The van der Waals surface area contributed by atoms with Gasteiger partial charge in [0.15, 0.2) is 12.0 Å². The van der Waals surface area contributed by atoms with Crippen molar-refractivity contribution in [3.05, 3.63) is 48.1 Å². The van der Waals surface area contributed by atoms with Crippen molar-refractivity contribution in [3.63, 3.8) is 0 Å². The number of hydrogen-bond acceptors (Lipinski definition) is 5. The Hall–Kier alpha value is -2.70. The van der Waals surface area contributed by atoms with E-state index in [-0.39, 0.29) is 11.9 Å². The molecule has 7 heteroatoms. The number of carbonyl (C=O) groups is 1. The quantitative estimate of drug-likeness (QED) is 0.726. The van der Waals surface area contributed by atoms with Crippen LogP contribution in [0.4, 0.5) is 0 Å². The summed E-state index contributed by atoms with van der Waals surface area (Å²) in [6.07, 6.45) is 7.89. The van der Waals surface area contributed by atoms with Crippen LogP contribution in [0.3, 0.4) is 0 Å². The van der Waals surface area contributed by atoms with Crippen LogP contribution >= 0.6 is 0 Å². The molecule has 1 atom stereocenters. The molecule has 0 aliphatic carbocycles. The number of oxazole rings is 1. The Kier molecular flexibility index (Phi) is 3.33. The summed E-state index contributed by atoms with van der Waals surface area (Å²) in [5.74, 6) is 0.210. The zero-order valence-corrected chi connectivity index (χ0v) is 12.8. The number of likely N-dealkylation sites (tertiary alicyclic amines) is 1. The van der Waals surface area contributed by atoms with Gasteiger partial charge in [0.1, 0.15) is 0 Å². The second-order valence-corrected chi connectivity index (χ2v) is 5.76. The maximum atomic E-state index is 12.8. The number of nitrogens with zero attached hydrogens (tertiary/aromatic N) is 5. The van der Waals surface area contributed by atoms with Gasteiger partial charge in [0.25, 0.3) is 5.91 Å². The predicted molar refractivity (Wildman–Crippen MR) is 81.9 cm³/mol. The first-order chi connectivity index (χ1) is 11.2. The summed E-state index contributed by atoms with van der Waals surface area (Å²) in [5, 5.41) is 4.16. The van der Waals surface area contributed by atoms with Gasteiger partial charge in [0.05, 0.1) is 23.6 Å². The lowest BCUT2D eigenvalue weighted by Gasteiger charge is -2.34. The number of carbonyl (C=O) groups excluding carboxylic acids is 1. The summed E-state index contributed by atoms with van der Waals surface area (Å²) in [6, 6.07) is 3.75. The third-order valence-electron chi connectivity index (χ3n) is 4.32. The van der Waals surface area contributed by atoms with Crippen LogP contribution in [-0.2, 0) is 0 Å². The molecule has 0 unspecified atom stereocenters. The second kappa shape index (κ2) is 5.49. The van der Waals surface area contributed by atoms with E-state index in [1.807, 2.05) is 23.2 Å². The molecule has 0 N–H and O–H groups in total. The van der Waals surface area contributed by atoms with Gasteiger partial charge in [-0.3, -0.25) is 4.79 Å². The van der Waals surface area contributed by atoms with E-state index >= 15 is 0 Å². The summed E-state index contributed by atoms with van der Waals surface area (Å²) in [5.41, 5.74) is 2.30. The number of rotatable bonds is 2. The topological polar surface area (TPSA) is 76.5 Å². The van der Waals surface area contributed by atoms with Crippen LogP contribution in [-0.4, -0.2) is 36.9 Å². The van der Waals surface area contributed by atoms with Gasteiger partial charge in [-0.1, -0.05) is 0 Å². The molecule has 0 spiro atoms. The Morgan fingerprint density at radius 2 is 2.26 bits per heavy atom. The fourth-order valence-corrected chi connectivity index (χ4v) is 3.13. The molecule has 1 amide bonds. The zero-order chi connectivity index (χ0) is 15.8. The molecule has 4 heterocycles. The summed E-state index contributed by atoms with van der Waals surface area (Å²) in [4.78, 5) is 23.4. The number of fused-ring (bicyclic) bond motifs is 1. The van der Waals surface area contributed by atoms with Crippen LogP contribution in [0.2, 0.25) is 0 Å². The fourth-order valence-electron chi connectivity index (χ4n) is 3.13. The number of hydrogen-bond donors (Lipinski definition) is 0. The van der Waals surface area contributed by atoms with E-state index in [1.54, 1.807) is 17.6 Å². The molecular weight excluding hydrogens is 294 g/mol. The number of aryl methyl sites for hydroxylation is 1. The Balaban J connectivity index is 1.70. The van der Waals surface area contributed by atoms with Crippen molar-refractivity contribution in [2.45, 2.75) is 32.2 Å². The van der Waals surface area contributed by atoms with Crippen LogP contribution < -0.4 is 0 Å². The first-order valence-corrected chi connectivity index (χ1v) is 7.75. The maximum Gasteiger partial charge on any atom is 0.292 e. The summed E-state index contributed by atoms with van der Waals surface area (Å²) in [7, 11) is 0. The van der Waals surface area contributed by atoms with Crippen molar-refractivity contribution in [1.82, 2.24) is 24.5 Å². The molecule has 1 aliphatic heterocycles. The van der Waals surface area contributed by atoms with Crippen LogP contribution in [0.25, 0.3) is 5.65 Å². The molecule has 4 rings (SSSR count).